The van der Waals surface area contributed by atoms with E-state index in [2.05, 4.69) is 10.2 Å². The van der Waals surface area contributed by atoms with E-state index < -0.39 is 10.0 Å². The Morgan fingerprint density at radius 1 is 1.00 bits per heavy atom. The number of benzene rings is 1. The van der Waals surface area contributed by atoms with Crippen molar-refractivity contribution < 1.29 is 17.6 Å². The largest absolute Gasteiger partial charge is 0.468 e. The molecule has 1 aromatic heterocycles. The highest BCUT2D eigenvalue weighted by Gasteiger charge is 2.29. The zero-order chi connectivity index (χ0) is 23.3. The third-order valence-electron chi connectivity index (χ3n) is 6.55. The van der Waals surface area contributed by atoms with Gasteiger partial charge >= 0.3 is 0 Å². The molecule has 0 spiro atoms. The van der Waals surface area contributed by atoms with Gasteiger partial charge in [0.25, 0.3) is 0 Å². The smallest absolute Gasteiger partial charge is 0.243 e. The number of amides is 1. The van der Waals surface area contributed by atoms with E-state index >= 15 is 0 Å². The standard InChI is InChI=1S/C24H34N4O4S/c1-20-7-9-21(10-8-20)33(30,31)28-15-13-26(14-16-28)19-24(29)25-18-22(23-6-5-17-32-23)27-11-3-2-4-12-27/h5-10,17,22H,2-4,11-16,18-19H2,1H3,(H,25,29). The number of hydrogen-bond donors (Lipinski definition) is 1. The minimum Gasteiger partial charge on any atom is -0.468 e. The van der Waals surface area contributed by atoms with Gasteiger partial charge in [0.15, 0.2) is 0 Å². The highest BCUT2D eigenvalue weighted by molar-refractivity contribution is 7.89. The number of carbonyl (C=O) groups excluding carboxylic acids is 1. The number of nitrogens with one attached hydrogen (secondary N) is 1. The van der Waals surface area contributed by atoms with Crippen LogP contribution in [0.15, 0.2) is 52.0 Å². The van der Waals surface area contributed by atoms with Crippen molar-refractivity contribution in [1.29, 1.82) is 0 Å². The summed E-state index contributed by atoms with van der Waals surface area (Å²) in [5.74, 6) is 0.838. The van der Waals surface area contributed by atoms with Gasteiger partial charge in [-0.3, -0.25) is 14.6 Å². The normalized spacial score (nSPS) is 19.9. The lowest BCUT2D eigenvalue weighted by Gasteiger charge is -2.35. The summed E-state index contributed by atoms with van der Waals surface area (Å²) in [4.78, 5) is 17.4. The van der Waals surface area contributed by atoms with Gasteiger partial charge in [0.2, 0.25) is 15.9 Å². The highest BCUT2D eigenvalue weighted by Crippen LogP contribution is 2.24. The monoisotopic (exact) mass is 474 g/mol. The van der Waals surface area contributed by atoms with Crippen molar-refractivity contribution in [3.8, 4) is 0 Å². The van der Waals surface area contributed by atoms with Gasteiger partial charge in [-0.05, 0) is 57.1 Å². The van der Waals surface area contributed by atoms with Crippen LogP contribution in [0.4, 0.5) is 0 Å². The number of likely N-dealkylation sites (tertiary alicyclic amines) is 1. The Bertz CT molecular complexity index is 994. The fourth-order valence-corrected chi connectivity index (χ4v) is 6.00. The first kappa shape index (κ1) is 23.9. The Morgan fingerprint density at radius 2 is 1.70 bits per heavy atom. The fourth-order valence-electron chi connectivity index (χ4n) is 4.58. The van der Waals surface area contributed by atoms with Crippen molar-refractivity contribution in [2.75, 3.05) is 52.4 Å². The van der Waals surface area contributed by atoms with Gasteiger partial charge in [-0.25, -0.2) is 8.42 Å². The van der Waals surface area contributed by atoms with E-state index in [1.165, 1.54) is 23.6 Å². The number of nitrogens with zero attached hydrogens (tertiary/aromatic N) is 3. The molecule has 0 aliphatic carbocycles. The lowest BCUT2D eigenvalue weighted by molar-refractivity contribution is -0.122. The van der Waals surface area contributed by atoms with Crippen LogP contribution in [-0.4, -0.2) is 80.8 Å². The van der Waals surface area contributed by atoms with E-state index in [0.717, 1.165) is 24.4 Å². The number of furan rings is 1. The van der Waals surface area contributed by atoms with Crippen molar-refractivity contribution in [3.05, 3.63) is 54.0 Å². The molecule has 33 heavy (non-hydrogen) atoms. The van der Waals surface area contributed by atoms with E-state index in [1.54, 1.807) is 18.4 Å². The molecular weight excluding hydrogens is 440 g/mol. The predicted octanol–water partition coefficient (Wildman–Crippen LogP) is 2.24. The molecule has 2 fully saturated rings. The Labute approximate surface area is 196 Å². The summed E-state index contributed by atoms with van der Waals surface area (Å²) in [7, 11) is -3.50. The summed E-state index contributed by atoms with van der Waals surface area (Å²) < 4.78 is 32.9. The Morgan fingerprint density at radius 3 is 2.33 bits per heavy atom. The van der Waals surface area contributed by atoms with Crippen LogP contribution >= 0.6 is 0 Å². The van der Waals surface area contributed by atoms with Gasteiger partial charge in [-0.2, -0.15) is 4.31 Å². The molecule has 1 unspecified atom stereocenters. The third-order valence-corrected chi connectivity index (χ3v) is 8.47. The topological polar surface area (TPSA) is 86.1 Å². The number of piperidine rings is 1. The summed E-state index contributed by atoms with van der Waals surface area (Å²) in [6.07, 6.45) is 5.26. The maximum Gasteiger partial charge on any atom is 0.243 e. The van der Waals surface area contributed by atoms with Crippen molar-refractivity contribution in [2.24, 2.45) is 0 Å². The summed E-state index contributed by atoms with van der Waals surface area (Å²) >= 11 is 0. The molecule has 3 heterocycles. The number of hydrogen-bond acceptors (Lipinski definition) is 6. The molecule has 1 atom stereocenters. The van der Waals surface area contributed by atoms with E-state index in [1.807, 2.05) is 36.1 Å². The first-order valence-corrected chi connectivity index (χ1v) is 13.2. The maximum atomic E-state index is 12.9. The first-order valence-electron chi connectivity index (χ1n) is 11.8. The molecule has 2 aromatic rings. The molecule has 4 rings (SSSR count). The molecule has 1 amide bonds. The van der Waals surface area contributed by atoms with Crippen LogP contribution < -0.4 is 5.32 Å². The summed E-state index contributed by atoms with van der Waals surface area (Å²) in [6, 6.07) is 10.8. The third kappa shape index (κ3) is 6.03. The van der Waals surface area contributed by atoms with Gasteiger partial charge in [0.05, 0.1) is 23.7 Å². The highest BCUT2D eigenvalue weighted by atomic mass is 32.2. The SMILES string of the molecule is Cc1ccc(S(=O)(=O)N2CCN(CC(=O)NCC(c3ccco3)N3CCCCC3)CC2)cc1. The fraction of sp³-hybridized carbons (Fsp3) is 0.542. The van der Waals surface area contributed by atoms with Crippen LogP contribution in [-0.2, 0) is 14.8 Å². The molecule has 2 aliphatic rings. The maximum absolute atomic E-state index is 12.9. The second kappa shape index (κ2) is 10.8. The van der Waals surface area contributed by atoms with E-state index in [-0.39, 0.29) is 18.5 Å². The average Bonchev–Trinajstić information content (AvgIpc) is 3.35. The number of piperazine rings is 1. The molecule has 0 radical (unpaired) electrons. The van der Waals surface area contributed by atoms with Crippen molar-refractivity contribution >= 4 is 15.9 Å². The molecule has 0 bridgehead atoms. The number of rotatable bonds is 8. The van der Waals surface area contributed by atoms with Gasteiger partial charge in [-0.15, -0.1) is 0 Å². The van der Waals surface area contributed by atoms with Gasteiger partial charge < -0.3 is 9.73 Å². The summed E-state index contributed by atoms with van der Waals surface area (Å²) in [5, 5.41) is 3.07. The molecule has 0 saturated carbocycles. The summed E-state index contributed by atoms with van der Waals surface area (Å²) in [5.41, 5.74) is 1.03. The molecule has 9 heteroatoms. The number of aryl methyl sites for hydroxylation is 1. The van der Waals surface area contributed by atoms with Crippen LogP contribution in [0.1, 0.15) is 36.6 Å². The summed E-state index contributed by atoms with van der Waals surface area (Å²) in [6.45, 7) is 6.56. The number of sulfonamides is 1. The zero-order valence-corrected chi connectivity index (χ0v) is 20.1. The van der Waals surface area contributed by atoms with Crippen molar-refractivity contribution in [1.82, 2.24) is 19.4 Å². The Kier molecular flexibility index (Phi) is 7.85. The lowest BCUT2D eigenvalue weighted by Crippen LogP contribution is -2.51. The molecule has 1 aromatic carbocycles. The van der Waals surface area contributed by atoms with Crippen LogP contribution in [0.3, 0.4) is 0 Å². The minimum absolute atomic E-state index is 0.0424. The van der Waals surface area contributed by atoms with Crippen LogP contribution in [0.25, 0.3) is 0 Å². The van der Waals surface area contributed by atoms with Crippen molar-refractivity contribution in [3.63, 3.8) is 0 Å². The average molecular weight is 475 g/mol. The molecule has 2 aliphatic heterocycles. The van der Waals surface area contributed by atoms with E-state index in [4.69, 9.17) is 4.42 Å². The Hall–Kier alpha value is -2.20. The Balaban J connectivity index is 1.27. The first-order chi connectivity index (χ1) is 15.9. The van der Waals surface area contributed by atoms with Gasteiger partial charge in [0, 0.05) is 32.7 Å². The molecule has 2 saturated heterocycles. The van der Waals surface area contributed by atoms with Gasteiger partial charge in [0.1, 0.15) is 5.76 Å². The van der Waals surface area contributed by atoms with Crippen LogP contribution in [0, 0.1) is 6.92 Å². The zero-order valence-electron chi connectivity index (χ0n) is 19.3. The van der Waals surface area contributed by atoms with E-state index in [9.17, 15) is 13.2 Å². The predicted molar refractivity (Wildman–Crippen MR) is 126 cm³/mol. The van der Waals surface area contributed by atoms with Crippen LogP contribution in [0.2, 0.25) is 0 Å². The number of carbonyl (C=O) groups is 1. The second-order valence-electron chi connectivity index (χ2n) is 8.93. The van der Waals surface area contributed by atoms with Crippen molar-refractivity contribution in [2.45, 2.75) is 37.1 Å². The quantitative estimate of drug-likeness (QED) is 0.632. The van der Waals surface area contributed by atoms with Gasteiger partial charge in [-0.1, -0.05) is 24.1 Å². The second-order valence-corrected chi connectivity index (χ2v) is 10.9. The molecule has 8 nitrogen and oxygen atoms in total. The molecule has 1 N–H and O–H groups in total. The van der Waals surface area contributed by atoms with E-state index in [0.29, 0.717) is 37.6 Å². The lowest BCUT2D eigenvalue weighted by atomic mass is 10.1. The van der Waals surface area contributed by atoms with Crippen LogP contribution in [0.5, 0.6) is 0 Å². The molecular formula is C24H34N4O4S. The molecule has 180 valence electrons. The minimum atomic E-state index is -3.50.